The second kappa shape index (κ2) is 15.4. The van der Waals surface area contributed by atoms with Crippen LogP contribution in [-0.2, 0) is 9.59 Å². The second-order valence-electron chi connectivity index (χ2n) is 14.7. The van der Waals surface area contributed by atoms with E-state index in [-0.39, 0.29) is 41.6 Å². The second-order valence-corrected chi connectivity index (χ2v) is 14.7. The minimum absolute atomic E-state index is 0.0934. The van der Waals surface area contributed by atoms with Crippen molar-refractivity contribution in [1.82, 2.24) is 15.5 Å². The quantitative estimate of drug-likeness (QED) is 0.118. The summed E-state index contributed by atoms with van der Waals surface area (Å²) in [6.45, 7) is 4.93. The molecule has 4 aromatic carbocycles. The van der Waals surface area contributed by atoms with Crippen molar-refractivity contribution in [3.05, 3.63) is 119 Å². The Hall–Kier alpha value is -5.68. The van der Waals surface area contributed by atoms with Crippen molar-refractivity contribution in [3.8, 4) is 11.5 Å². The van der Waals surface area contributed by atoms with Gasteiger partial charge in [0.15, 0.2) is 0 Å². The minimum atomic E-state index is -0.970. The summed E-state index contributed by atoms with van der Waals surface area (Å²) in [5, 5.41) is 19.2. The lowest BCUT2D eigenvalue weighted by atomic mass is 9.76. The molecule has 0 aromatic heterocycles. The summed E-state index contributed by atoms with van der Waals surface area (Å²) in [6.07, 6.45) is 3.63. The first kappa shape index (κ1) is 35.4. The fraction of sp³-hybridized carbons (Fsp3) is 0.349. The van der Waals surface area contributed by atoms with Gasteiger partial charge in [-0.05, 0) is 85.7 Å². The summed E-state index contributed by atoms with van der Waals surface area (Å²) in [6, 6.07) is 29.1. The predicted molar refractivity (Wildman–Crippen MR) is 205 cm³/mol. The van der Waals surface area contributed by atoms with Crippen molar-refractivity contribution in [1.29, 1.82) is 0 Å². The van der Waals surface area contributed by atoms with E-state index in [1.54, 1.807) is 30.3 Å². The van der Waals surface area contributed by atoms with Crippen LogP contribution in [0.4, 0.5) is 11.4 Å². The van der Waals surface area contributed by atoms with Gasteiger partial charge in [0.05, 0.1) is 17.7 Å². The van der Waals surface area contributed by atoms with Crippen LogP contribution >= 0.6 is 0 Å². The van der Waals surface area contributed by atoms with E-state index >= 15 is 0 Å². The zero-order valence-corrected chi connectivity index (χ0v) is 30.1. The van der Waals surface area contributed by atoms with Crippen molar-refractivity contribution in [2.75, 3.05) is 49.5 Å². The van der Waals surface area contributed by atoms with Crippen LogP contribution in [0.2, 0.25) is 0 Å². The van der Waals surface area contributed by atoms with Gasteiger partial charge in [0.25, 0.3) is 11.8 Å². The molecule has 2 saturated heterocycles. The molecule has 278 valence electrons. The number of hydrogen-bond acceptors (Lipinski definition) is 9. The molecular weight excluding hydrogens is 683 g/mol. The van der Waals surface area contributed by atoms with Gasteiger partial charge < -0.3 is 25.4 Å². The molecule has 4 amide bonds. The third kappa shape index (κ3) is 7.15. The molecule has 11 nitrogen and oxygen atoms in total. The number of rotatable bonds is 11. The zero-order chi connectivity index (χ0) is 37.2. The average molecular weight is 728 g/mol. The minimum Gasteiger partial charge on any atom is -0.508 e. The van der Waals surface area contributed by atoms with Crippen LogP contribution in [0.5, 0.6) is 11.5 Å². The Morgan fingerprint density at radius 2 is 1.56 bits per heavy atom. The van der Waals surface area contributed by atoms with Gasteiger partial charge in [-0.25, -0.2) is 0 Å². The Labute approximate surface area is 314 Å². The van der Waals surface area contributed by atoms with Crippen LogP contribution in [-0.4, -0.2) is 79.0 Å². The summed E-state index contributed by atoms with van der Waals surface area (Å²) >= 11 is 0. The third-order valence-corrected chi connectivity index (χ3v) is 11.4. The molecule has 4 aliphatic rings. The molecule has 4 heterocycles. The van der Waals surface area contributed by atoms with E-state index in [4.69, 9.17) is 4.74 Å². The molecular formula is C43H45N5O6. The smallest absolute Gasteiger partial charge is 0.262 e. The number of hydrogen-bond donors (Lipinski definition) is 4. The van der Waals surface area contributed by atoms with E-state index in [1.807, 2.05) is 12.1 Å². The summed E-state index contributed by atoms with van der Waals surface area (Å²) in [7, 11) is 0. The maximum atomic E-state index is 13.1. The third-order valence-electron chi connectivity index (χ3n) is 11.4. The monoisotopic (exact) mass is 727 g/mol. The molecule has 4 N–H and O–H groups in total. The highest BCUT2D eigenvalue weighted by molar-refractivity contribution is 6.23. The first-order chi connectivity index (χ1) is 26.3. The number of ether oxygens (including phenoxy) is 1. The highest BCUT2D eigenvalue weighted by Crippen LogP contribution is 2.47. The molecule has 4 aliphatic heterocycles. The van der Waals surface area contributed by atoms with Gasteiger partial charge in [-0.15, -0.1) is 0 Å². The standard InChI is InChI=1S/C43H45N5O6/c49-32-11-13-34-38(25-32)54-26-36(28-4-2-1-3-5-28)40(34)29-6-9-31(10-7-29)47-22-17-27(18-23-47)16-19-44-20-21-45-30-8-12-33-35(24-30)43(53)48(42(33)52)37-14-15-39(50)46-41(37)51/h1-13,24-25,27,36-37,40,44-45,49H,14-23,26H2,(H,46,50,51). The fourth-order valence-electron chi connectivity index (χ4n) is 8.48. The molecule has 3 unspecified atom stereocenters. The number of imide groups is 2. The summed E-state index contributed by atoms with van der Waals surface area (Å²) in [5.41, 5.74) is 6.12. The largest absolute Gasteiger partial charge is 0.508 e. The fourth-order valence-corrected chi connectivity index (χ4v) is 8.48. The number of nitrogens with one attached hydrogen (secondary N) is 3. The number of benzene rings is 4. The van der Waals surface area contributed by atoms with Gasteiger partial charge in [-0.1, -0.05) is 48.5 Å². The number of phenols is 1. The summed E-state index contributed by atoms with van der Waals surface area (Å²) < 4.78 is 6.15. The van der Waals surface area contributed by atoms with Gasteiger partial charge in [0, 0.05) is 67.4 Å². The Morgan fingerprint density at radius 1 is 0.778 bits per heavy atom. The van der Waals surface area contributed by atoms with E-state index < -0.39 is 29.7 Å². The van der Waals surface area contributed by atoms with E-state index in [0.717, 1.165) is 67.3 Å². The number of fused-ring (bicyclic) bond motifs is 2. The van der Waals surface area contributed by atoms with E-state index in [0.29, 0.717) is 19.1 Å². The number of piperidine rings is 2. The first-order valence-electron chi connectivity index (χ1n) is 19.0. The number of aromatic hydroxyl groups is 1. The molecule has 0 spiro atoms. The molecule has 8 rings (SSSR count). The number of phenolic OH excluding ortho intramolecular Hbond substituents is 1. The van der Waals surface area contributed by atoms with Crippen molar-refractivity contribution in [2.45, 2.75) is 50.0 Å². The topological polar surface area (TPSA) is 140 Å². The Bertz CT molecular complexity index is 2050. The number of anilines is 2. The molecule has 2 fully saturated rings. The molecule has 4 aromatic rings. The van der Waals surface area contributed by atoms with Gasteiger partial charge in [0.2, 0.25) is 11.8 Å². The zero-order valence-electron chi connectivity index (χ0n) is 30.1. The Balaban J connectivity index is 0.788. The van der Waals surface area contributed by atoms with Gasteiger partial charge in [-0.2, -0.15) is 0 Å². The van der Waals surface area contributed by atoms with Gasteiger partial charge >= 0.3 is 0 Å². The van der Waals surface area contributed by atoms with Gasteiger partial charge in [0.1, 0.15) is 17.5 Å². The Kier molecular flexibility index (Phi) is 10.1. The van der Waals surface area contributed by atoms with E-state index in [1.165, 1.54) is 16.8 Å². The highest BCUT2D eigenvalue weighted by Gasteiger charge is 2.44. The van der Waals surface area contributed by atoms with Crippen LogP contribution in [0.3, 0.4) is 0 Å². The van der Waals surface area contributed by atoms with Crippen LogP contribution in [0.25, 0.3) is 0 Å². The van der Waals surface area contributed by atoms with E-state index in [2.05, 4.69) is 69.4 Å². The number of carbonyl (C=O) groups excluding carboxylic acids is 4. The summed E-state index contributed by atoms with van der Waals surface area (Å²) in [5.74, 6) is -0.0830. The van der Waals surface area contributed by atoms with Gasteiger partial charge in [-0.3, -0.25) is 29.4 Å². The van der Waals surface area contributed by atoms with Crippen molar-refractivity contribution >= 4 is 35.0 Å². The molecule has 54 heavy (non-hydrogen) atoms. The molecule has 0 bridgehead atoms. The van der Waals surface area contributed by atoms with E-state index in [9.17, 15) is 24.3 Å². The van der Waals surface area contributed by atoms with Crippen molar-refractivity contribution in [2.24, 2.45) is 5.92 Å². The maximum absolute atomic E-state index is 13.1. The lowest BCUT2D eigenvalue weighted by Gasteiger charge is -2.36. The Morgan fingerprint density at radius 3 is 2.33 bits per heavy atom. The highest BCUT2D eigenvalue weighted by atomic mass is 16.5. The van der Waals surface area contributed by atoms with Crippen LogP contribution in [0, 0.1) is 5.92 Å². The number of amides is 4. The first-order valence-corrected chi connectivity index (χ1v) is 19.0. The normalized spacial score (nSPS) is 21.4. The number of nitrogens with zero attached hydrogens (tertiary/aromatic N) is 2. The lowest BCUT2D eigenvalue weighted by Crippen LogP contribution is -2.54. The predicted octanol–water partition coefficient (Wildman–Crippen LogP) is 5.41. The van der Waals surface area contributed by atoms with Crippen molar-refractivity contribution < 1.29 is 29.0 Å². The molecule has 11 heteroatoms. The SMILES string of the molecule is O=C1CCC(N2C(=O)c3ccc(NCCNCCC4CCN(c5ccc(C6c7ccc(O)cc7OCC6c6ccccc6)cc5)CC4)cc3C2=O)C(=O)N1. The molecule has 0 aliphatic carbocycles. The van der Waals surface area contributed by atoms with Crippen LogP contribution in [0.15, 0.2) is 91.0 Å². The van der Waals surface area contributed by atoms with Crippen LogP contribution < -0.4 is 25.6 Å². The average Bonchev–Trinajstić information content (AvgIpc) is 3.44. The molecule has 0 radical (unpaired) electrons. The number of carbonyl (C=O) groups is 4. The van der Waals surface area contributed by atoms with Crippen LogP contribution in [0.1, 0.15) is 81.3 Å². The van der Waals surface area contributed by atoms with Crippen molar-refractivity contribution in [3.63, 3.8) is 0 Å². The molecule has 3 atom stereocenters. The lowest BCUT2D eigenvalue weighted by molar-refractivity contribution is -0.136. The maximum Gasteiger partial charge on any atom is 0.262 e. The molecule has 0 saturated carbocycles. The summed E-state index contributed by atoms with van der Waals surface area (Å²) in [4.78, 5) is 53.4.